The minimum atomic E-state index is -4.76. The van der Waals surface area contributed by atoms with Crippen molar-refractivity contribution in [1.29, 1.82) is 0 Å². The summed E-state index contributed by atoms with van der Waals surface area (Å²) in [5, 5.41) is 8.75. The summed E-state index contributed by atoms with van der Waals surface area (Å²) in [4.78, 5) is 24.5. The van der Waals surface area contributed by atoms with Crippen molar-refractivity contribution in [3.63, 3.8) is 0 Å². The molecular weight excluding hydrogens is 366 g/mol. The third-order valence-corrected chi connectivity index (χ3v) is 5.44. The minimum absolute atomic E-state index is 0.00743. The van der Waals surface area contributed by atoms with E-state index in [2.05, 4.69) is 16.0 Å². The van der Waals surface area contributed by atoms with Crippen LogP contribution in [0, 0.1) is 11.7 Å². The maximum atomic E-state index is 13.9. The summed E-state index contributed by atoms with van der Waals surface area (Å²) in [7, 11) is 0. The van der Waals surface area contributed by atoms with Crippen molar-refractivity contribution >= 4 is 11.8 Å². The summed E-state index contributed by atoms with van der Waals surface area (Å²) < 4.78 is 52.1. The zero-order valence-corrected chi connectivity index (χ0v) is 14.3. The van der Waals surface area contributed by atoms with Crippen LogP contribution >= 0.6 is 0 Å². The first-order valence-electron chi connectivity index (χ1n) is 8.93. The molecule has 0 bridgehead atoms. The second-order valence-corrected chi connectivity index (χ2v) is 7.57. The van der Waals surface area contributed by atoms with Gasteiger partial charge in [-0.05, 0) is 49.3 Å². The number of carbonyl (C=O) groups excluding carboxylic acids is 2. The van der Waals surface area contributed by atoms with Crippen molar-refractivity contribution in [1.82, 2.24) is 16.0 Å². The van der Waals surface area contributed by atoms with E-state index < -0.39 is 35.0 Å². The lowest BCUT2D eigenvalue weighted by Crippen LogP contribution is -2.62. The van der Waals surface area contributed by atoms with Gasteiger partial charge in [-0.3, -0.25) is 14.9 Å². The molecule has 9 heteroatoms. The van der Waals surface area contributed by atoms with E-state index in [1.807, 2.05) is 0 Å². The highest BCUT2D eigenvalue weighted by atomic mass is 19.4. The van der Waals surface area contributed by atoms with Crippen LogP contribution in [0.15, 0.2) is 18.2 Å². The molecule has 2 saturated carbocycles. The van der Waals surface area contributed by atoms with Crippen LogP contribution in [0.25, 0.3) is 0 Å². The molecule has 1 saturated heterocycles. The number of hydrogen-bond donors (Lipinski definition) is 3. The fourth-order valence-corrected chi connectivity index (χ4v) is 3.56. The van der Waals surface area contributed by atoms with E-state index in [1.165, 1.54) is 6.07 Å². The van der Waals surface area contributed by atoms with Crippen molar-refractivity contribution in [3.8, 4) is 0 Å². The summed E-state index contributed by atoms with van der Waals surface area (Å²) in [6.45, 7) is 0. The molecule has 2 amide bonds. The van der Waals surface area contributed by atoms with E-state index in [-0.39, 0.29) is 18.5 Å². The highest BCUT2D eigenvalue weighted by Gasteiger charge is 2.48. The van der Waals surface area contributed by atoms with Crippen molar-refractivity contribution in [2.75, 3.05) is 0 Å². The van der Waals surface area contributed by atoms with Gasteiger partial charge in [-0.1, -0.05) is 6.07 Å². The van der Waals surface area contributed by atoms with E-state index in [0.29, 0.717) is 30.4 Å². The number of rotatable bonds is 4. The molecule has 4 rings (SSSR count). The van der Waals surface area contributed by atoms with Crippen LogP contribution in [0.5, 0.6) is 0 Å². The lowest BCUT2D eigenvalue weighted by atomic mass is 10.0. The summed E-state index contributed by atoms with van der Waals surface area (Å²) in [6.07, 6.45) is -2.02. The Hall–Kier alpha value is -2.16. The number of nitrogens with one attached hydrogen (secondary N) is 3. The Labute approximate surface area is 152 Å². The lowest BCUT2D eigenvalue weighted by molar-refractivity contribution is -0.140. The van der Waals surface area contributed by atoms with E-state index in [0.717, 1.165) is 18.9 Å². The molecule has 5 nitrogen and oxygen atoms in total. The van der Waals surface area contributed by atoms with Crippen LogP contribution in [0.1, 0.15) is 43.2 Å². The van der Waals surface area contributed by atoms with Crippen LogP contribution in [-0.4, -0.2) is 24.0 Å². The van der Waals surface area contributed by atoms with Crippen LogP contribution in [0.2, 0.25) is 0 Å². The fraction of sp³-hybridized carbons (Fsp3) is 0.556. The number of halogens is 4. The first kappa shape index (κ1) is 18.2. The standard InChI is InChI=1S/C18H19F4N3O2/c19-12-7-10(3-4-11(12)18(20,21)22)17(5-6-17)25-16(27)13-8-14(26)24-15(23-13)9-1-2-9/h3-4,7,9,13,15,23H,1-2,5-6,8H2,(H,24,26)(H,25,27). The van der Waals surface area contributed by atoms with E-state index >= 15 is 0 Å². The van der Waals surface area contributed by atoms with E-state index in [9.17, 15) is 27.2 Å². The smallest absolute Gasteiger partial charge is 0.345 e. The zero-order chi connectivity index (χ0) is 19.4. The predicted octanol–water partition coefficient (Wildman–Crippen LogP) is 2.16. The van der Waals surface area contributed by atoms with Gasteiger partial charge in [0.25, 0.3) is 0 Å². The topological polar surface area (TPSA) is 70.2 Å². The van der Waals surface area contributed by atoms with Gasteiger partial charge in [-0.25, -0.2) is 4.39 Å². The summed E-state index contributed by atoms with van der Waals surface area (Å²) in [5.74, 6) is -1.64. The summed E-state index contributed by atoms with van der Waals surface area (Å²) in [5.41, 5.74) is -1.89. The third-order valence-electron chi connectivity index (χ3n) is 5.44. The highest BCUT2D eigenvalue weighted by molar-refractivity contribution is 5.90. The third kappa shape index (κ3) is 3.65. The Kier molecular flexibility index (Phi) is 4.17. The number of benzene rings is 1. The van der Waals surface area contributed by atoms with Gasteiger partial charge in [-0.2, -0.15) is 13.2 Å². The molecular formula is C18H19F4N3O2. The van der Waals surface area contributed by atoms with Crippen LogP contribution in [-0.2, 0) is 21.3 Å². The molecule has 0 spiro atoms. The molecule has 2 aliphatic carbocycles. The summed E-state index contributed by atoms with van der Waals surface area (Å²) >= 11 is 0. The Balaban J connectivity index is 1.48. The first-order chi connectivity index (χ1) is 12.7. The number of alkyl halides is 3. The lowest BCUT2D eigenvalue weighted by Gasteiger charge is -2.32. The molecule has 1 aromatic carbocycles. The predicted molar refractivity (Wildman–Crippen MR) is 86.7 cm³/mol. The van der Waals surface area contributed by atoms with Crippen molar-refractivity contribution < 1.29 is 27.2 Å². The number of carbonyl (C=O) groups is 2. The number of hydrogen-bond acceptors (Lipinski definition) is 3. The number of amides is 2. The molecule has 1 heterocycles. The maximum Gasteiger partial charge on any atom is 0.419 e. The Bertz CT molecular complexity index is 787. The van der Waals surface area contributed by atoms with Gasteiger partial charge in [0.05, 0.1) is 29.7 Å². The van der Waals surface area contributed by atoms with Crippen molar-refractivity contribution in [2.24, 2.45) is 5.92 Å². The Morgan fingerprint density at radius 2 is 1.93 bits per heavy atom. The molecule has 0 radical (unpaired) electrons. The second-order valence-electron chi connectivity index (χ2n) is 7.57. The van der Waals surface area contributed by atoms with Crippen LogP contribution in [0.4, 0.5) is 17.6 Å². The molecule has 146 valence electrons. The quantitative estimate of drug-likeness (QED) is 0.696. The van der Waals surface area contributed by atoms with Crippen molar-refractivity contribution in [3.05, 3.63) is 35.1 Å². The monoisotopic (exact) mass is 385 g/mol. The van der Waals surface area contributed by atoms with Gasteiger partial charge in [0.15, 0.2) is 0 Å². The van der Waals surface area contributed by atoms with Gasteiger partial charge in [0.1, 0.15) is 5.82 Å². The van der Waals surface area contributed by atoms with E-state index in [4.69, 9.17) is 0 Å². The van der Waals surface area contributed by atoms with Gasteiger partial charge >= 0.3 is 6.18 Å². The Morgan fingerprint density at radius 1 is 1.22 bits per heavy atom. The molecule has 3 aliphatic rings. The molecule has 27 heavy (non-hydrogen) atoms. The average Bonchev–Trinajstić information content (AvgIpc) is 3.47. The highest BCUT2D eigenvalue weighted by Crippen LogP contribution is 2.46. The van der Waals surface area contributed by atoms with Crippen molar-refractivity contribution in [2.45, 2.75) is 56.0 Å². The van der Waals surface area contributed by atoms with Gasteiger partial charge in [-0.15, -0.1) is 0 Å². The average molecular weight is 385 g/mol. The molecule has 2 unspecified atom stereocenters. The van der Waals surface area contributed by atoms with Gasteiger partial charge in [0.2, 0.25) is 11.8 Å². The normalized spacial score (nSPS) is 27.0. The molecule has 2 atom stereocenters. The molecule has 3 N–H and O–H groups in total. The van der Waals surface area contributed by atoms with Crippen LogP contribution in [0.3, 0.4) is 0 Å². The molecule has 3 fully saturated rings. The Morgan fingerprint density at radius 3 is 2.48 bits per heavy atom. The zero-order valence-electron chi connectivity index (χ0n) is 14.3. The van der Waals surface area contributed by atoms with Crippen LogP contribution < -0.4 is 16.0 Å². The van der Waals surface area contributed by atoms with Gasteiger partial charge in [0, 0.05) is 0 Å². The van der Waals surface area contributed by atoms with E-state index in [1.54, 1.807) is 0 Å². The van der Waals surface area contributed by atoms with Gasteiger partial charge < -0.3 is 10.6 Å². The largest absolute Gasteiger partial charge is 0.419 e. The summed E-state index contributed by atoms with van der Waals surface area (Å²) in [6, 6.07) is 2.03. The first-order valence-corrected chi connectivity index (χ1v) is 8.93. The second kappa shape index (κ2) is 6.19. The SMILES string of the molecule is O=C1CC(C(=O)NC2(c3ccc(C(F)(F)F)c(F)c3)CC2)NC(C2CC2)N1. The molecule has 0 aromatic heterocycles. The molecule has 1 aromatic rings. The fourth-order valence-electron chi connectivity index (χ4n) is 3.56. The molecule has 1 aliphatic heterocycles. The maximum absolute atomic E-state index is 13.9. The minimum Gasteiger partial charge on any atom is -0.345 e.